The first-order chi connectivity index (χ1) is 8.93. The van der Waals surface area contributed by atoms with Crippen molar-refractivity contribution in [3.8, 4) is 0 Å². The maximum Gasteiger partial charge on any atom is 0.0346 e. The number of nitrogen functional groups attached to an aromatic ring is 1. The van der Waals surface area contributed by atoms with Gasteiger partial charge < -0.3 is 15.5 Å². The second-order valence-corrected chi connectivity index (χ2v) is 6.34. The van der Waals surface area contributed by atoms with Gasteiger partial charge in [-0.15, -0.1) is 0 Å². The predicted molar refractivity (Wildman–Crippen MR) is 82.2 cm³/mol. The minimum absolute atomic E-state index is 0.394. The molecule has 0 aliphatic heterocycles. The largest absolute Gasteiger partial charge is 0.399 e. The number of nitrogens with zero attached hydrogens (tertiary/aromatic N) is 2. The van der Waals surface area contributed by atoms with Crippen LogP contribution in [0, 0.1) is 6.92 Å². The fraction of sp³-hybridized carbons (Fsp3) is 0.625. The molecule has 1 aromatic carbocycles. The Morgan fingerprint density at radius 3 is 2.37 bits per heavy atom. The van der Waals surface area contributed by atoms with Crippen molar-refractivity contribution in [1.29, 1.82) is 0 Å². The molecule has 0 bridgehead atoms. The van der Waals surface area contributed by atoms with Crippen LogP contribution in [0.15, 0.2) is 18.2 Å². The summed E-state index contributed by atoms with van der Waals surface area (Å²) in [7, 11) is 6.62. The normalized spacial score (nSPS) is 17.8. The zero-order chi connectivity index (χ0) is 14.0. The molecule has 0 amide bonds. The van der Waals surface area contributed by atoms with Crippen LogP contribution in [0.25, 0.3) is 0 Å². The summed E-state index contributed by atoms with van der Waals surface area (Å²) >= 11 is 0. The zero-order valence-electron chi connectivity index (χ0n) is 12.7. The van der Waals surface area contributed by atoms with Crippen molar-refractivity contribution in [3.05, 3.63) is 29.3 Å². The van der Waals surface area contributed by atoms with E-state index in [0.29, 0.717) is 5.54 Å². The molecular weight excluding hydrogens is 234 g/mol. The zero-order valence-corrected chi connectivity index (χ0v) is 12.7. The molecule has 0 unspecified atom stereocenters. The first kappa shape index (κ1) is 14.4. The molecule has 2 rings (SSSR count). The molecule has 0 aromatic heterocycles. The van der Waals surface area contributed by atoms with Crippen LogP contribution >= 0.6 is 0 Å². The van der Waals surface area contributed by atoms with Crippen molar-refractivity contribution in [3.63, 3.8) is 0 Å². The average molecular weight is 261 g/mol. The first-order valence-electron chi connectivity index (χ1n) is 7.14. The second-order valence-electron chi connectivity index (χ2n) is 6.34. The highest BCUT2D eigenvalue weighted by molar-refractivity contribution is 5.48. The Labute approximate surface area is 117 Å². The van der Waals surface area contributed by atoms with Crippen LogP contribution < -0.4 is 5.73 Å². The fourth-order valence-corrected chi connectivity index (χ4v) is 2.99. The molecule has 0 atom stereocenters. The molecule has 0 saturated heterocycles. The number of hydrogen-bond acceptors (Lipinski definition) is 3. The highest BCUT2D eigenvalue weighted by Crippen LogP contribution is 2.36. The summed E-state index contributed by atoms with van der Waals surface area (Å²) in [5.74, 6) is 0. The van der Waals surface area contributed by atoms with Crippen molar-refractivity contribution in [2.24, 2.45) is 0 Å². The van der Waals surface area contributed by atoms with Gasteiger partial charge in [-0.25, -0.2) is 0 Å². The fourth-order valence-electron chi connectivity index (χ4n) is 2.99. The van der Waals surface area contributed by atoms with E-state index >= 15 is 0 Å². The molecule has 19 heavy (non-hydrogen) atoms. The van der Waals surface area contributed by atoms with Crippen LogP contribution in [0.2, 0.25) is 0 Å². The predicted octanol–water partition coefficient (Wildman–Crippen LogP) is 2.49. The summed E-state index contributed by atoms with van der Waals surface area (Å²) in [6, 6.07) is 6.41. The summed E-state index contributed by atoms with van der Waals surface area (Å²) in [6.07, 6.45) is 4.00. The summed E-state index contributed by atoms with van der Waals surface area (Å²) < 4.78 is 0. The molecule has 1 saturated carbocycles. The van der Waals surface area contributed by atoms with Crippen molar-refractivity contribution in [2.75, 3.05) is 33.4 Å². The number of aryl methyl sites for hydroxylation is 1. The highest BCUT2D eigenvalue weighted by atomic mass is 15.2. The lowest BCUT2D eigenvalue weighted by atomic mass is 9.75. The van der Waals surface area contributed by atoms with Gasteiger partial charge >= 0.3 is 0 Å². The molecule has 3 heteroatoms. The molecular formula is C16H27N3. The molecule has 106 valence electrons. The average Bonchev–Trinajstić information content (AvgIpc) is 2.28. The molecule has 1 aromatic rings. The number of anilines is 1. The second kappa shape index (κ2) is 5.51. The van der Waals surface area contributed by atoms with E-state index in [-0.39, 0.29) is 0 Å². The molecule has 1 fully saturated rings. The van der Waals surface area contributed by atoms with Gasteiger partial charge in [0.25, 0.3) is 0 Å². The van der Waals surface area contributed by atoms with Crippen LogP contribution in [0.1, 0.15) is 30.4 Å². The van der Waals surface area contributed by atoms with Crippen LogP contribution in [0.4, 0.5) is 5.69 Å². The molecule has 0 radical (unpaired) electrons. The van der Waals surface area contributed by atoms with E-state index in [1.54, 1.807) is 0 Å². The quantitative estimate of drug-likeness (QED) is 0.827. The van der Waals surface area contributed by atoms with E-state index in [2.05, 4.69) is 56.1 Å². The minimum atomic E-state index is 0.394. The van der Waals surface area contributed by atoms with E-state index in [4.69, 9.17) is 5.73 Å². The van der Waals surface area contributed by atoms with Crippen LogP contribution in [0.5, 0.6) is 0 Å². The van der Waals surface area contributed by atoms with Gasteiger partial charge in [0, 0.05) is 24.3 Å². The van der Waals surface area contributed by atoms with Gasteiger partial charge in [-0.3, -0.25) is 0 Å². The third-order valence-corrected chi connectivity index (χ3v) is 4.59. The van der Waals surface area contributed by atoms with Crippen LogP contribution in [-0.4, -0.2) is 43.0 Å². The van der Waals surface area contributed by atoms with Crippen molar-refractivity contribution < 1.29 is 0 Å². The molecule has 2 N–H and O–H groups in total. The lowest BCUT2D eigenvalue weighted by molar-refractivity contribution is 0.0259. The summed E-state index contributed by atoms with van der Waals surface area (Å²) in [6.45, 7) is 4.16. The summed E-state index contributed by atoms with van der Waals surface area (Å²) in [5.41, 5.74) is 9.74. The summed E-state index contributed by atoms with van der Waals surface area (Å²) in [5, 5.41) is 0. The molecule has 1 aliphatic carbocycles. The number of rotatable bonds is 5. The topological polar surface area (TPSA) is 32.5 Å². The maximum absolute atomic E-state index is 5.98. The Balaban J connectivity index is 1.97. The molecule has 1 aliphatic rings. The number of benzene rings is 1. The standard InChI is InChI=1S/C16H27N3/c1-13-6-7-14(10-15(13)17)11-19(4)12-16(18(2)3)8-5-9-16/h6-7,10H,5,8-9,11-12,17H2,1-4H3. The third-order valence-electron chi connectivity index (χ3n) is 4.59. The van der Waals surface area contributed by atoms with Gasteiger partial charge in [-0.1, -0.05) is 12.1 Å². The van der Waals surface area contributed by atoms with Gasteiger partial charge in [-0.05, 0) is 64.5 Å². The minimum Gasteiger partial charge on any atom is -0.399 e. The number of hydrogen-bond donors (Lipinski definition) is 1. The van der Waals surface area contributed by atoms with Gasteiger partial charge in [0.15, 0.2) is 0 Å². The van der Waals surface area contributed by atoms with Crippen molar-refractivity contribution in [2.45, 2.75) is 38.3 Å². The number of likely N-dealkylation sites (N-methyl/N-ethyl adjacent to an activating group) is 2. The van der Waals surface area contributed by atoms with E-state index in [1.165, 1.54) is 24.8 Å². The summed E-state index contributed by atoms with van der Waals surface area (Å²) in [4.78, 5) is 4.82. The lowest BCUT2D eigenvalue weighted by Crippen LogP contribution is -2.56. The molecule has 0 spiro atoms. The van der Waals surface area contributed by atoms with Crippen LogP contribution in [-0.2, 0) is 6.54 Å². The van der Waals surface area contributed by atoms with E-state index in [0.717, 1.165) is 24.3 Å². The Kier molecular flexibility index (Phi) is 4.16. The van der Waals surface area contributed by atoms with Crippen molar-refractivity contribution >= 4 is 5.69 Å². The first-order valence-corrected chi connectivity index (χ1v) is 7.14. The Morgan fingerprint density at radius 1 is 1.21 bits per heavy atom. The van der Waals surface area contributed by atoms with Gasteiger partial charge in [0.1, 0.15) is 0 Å². The smallest absolute Gasteiger partial charge is 0.0346 e. The number of nitrogens with two attached hydrogens (primary N) is 1. The SMILES string of the molecule is Cc1ccc(CN(C)CC2(N(C)C)CCC2)cc1N. The molecule has 3 nitrogen and oxygen atoms in total. The third kappa shape index (κ3) is 3.10. The van der Waals surface area contributed by atoms with Gasteiger partial charge in [0.05, 0.1) is 0 Å². The van der Waals surface area contributed by atoms with E-state index in [1.807, 2.05) is 0 Å². The van der Waals surface area contributed by atoms with Gasteiger partial charge in [-0.2, -0.15) is 0 Å². The van der Waals surface area contributed by atoms with Gasteiger partial charge in [0.2, 0.25) is 0 Å². The Morgan fingerprint density at radius 2 is 1.89 bits per heavy atom. The highest BCUT2D eigenvalue weighted by Gasteiger charge is 2.39. The Hall–Kier alpha value is -1.06. The monoisotopic (exact) mass is 261 g/mol. The van der Waals surface area contributed by atoms with Crippen LogP contribution in [0.3, 0.4) is 0 Å². The van der Waals surface area contributed by atoms with E-state index in [9.17, 15) is 0 Å². The Bertz CT molecular complexity index is 436. The molecule has 0 heterocycles. The maximum atomic E-state index is 5.98. The van der Waals surface area contributed by atoms with Crippen molar-refractivity contribution in [1.82, 2.24) is 9.80 Å². The lowest BCUT2D eigenvalue weighted by Gasteiger charge is -2.49. The van der Waals surface area contributed by atoms with E-state index < -0.39 is 0 Å².